The van der Waals surface area contributed by atoms with Gasteiger partial charge in [0, 0.05) is 18.4 Å². The van der Waals surface area contributed by atoms with Gasteiger partial charge in [-0.05, 0) is 53.4 Å². The van der Waals surface area contributed by atoms with Crippen LogP contribution in [-0.4, -0.2) is 11.6 Å². The molecule has 1 aliphatic heterocycles. The van der Waals surface area contributed by atoms with Gasteiger partial charge >= 0.3 is 0 Å². The molecule has 1 fully saturated rings. The molecule has 0 saturated carbocycles. The molecular weight excluding hydrogens is 258 g/mol. The summed E-state index contributed by atoms with van der Waals surface area (Å²) in [4.78, 5) is 4.48. The maximum absolute atomic E-state index is 5.92. The van der Waals surface area contributed by atoms with Gasteiger partial charge in [-0.25, -0.2) is 0 Å². The Bertz CT molecular complexity index is 761. The molecule has 0 N–H and O–H groups in total. The van der Waals surface area contributed by atoms with E-state index in [9.17, 15) is 0 Å². The fraction of sp³-hybridized carbons (Fsp3) is 0.211. The number of hydrogen-bond donors (Lipinski definition) is 0. The van der Waals surface area contributed by atoms with Crippen LogP contribution in [-0.2, 0) is 4.74 Å². The molecule has 2 heteroatoms. The Labute approximate surface area is 124 Å². The van der Waals surface area contributed by atoms with Gasteiger partial charge in [0.25, 0.3) is 0 Å². The monoisotopic (exact) mass is 275 g/mol. The zero-order valence-corrected chi connectivity index (χ0v) is 11.8. The second kappa shape index (κ2) is 5.30. The van der Waals surface area contributed by atoms with Gasteiger partial charge in [-0.3, -0.25) is 4.98 Å². The van der Waals surface area contributed by atoms with Gasteiger partial charge < -0.3 is 4.74 Å². The van der Waals surface area contributed by atoms with Crippen LogP contribution in [0.15, 0.2) is 60.8 Å². The smallest absolute Gasteiger partial charge is 0.0832 e. The van der Waals surface area contributed by atoms with Crippen LogP contribution < -0.4 is 0 Å². The number of ether oxygens (including phenoxy) is 1. The van der Waals surface area contributed by atoms with Crippen molar-refractivity contribution in [2.24, 2.45) is 0 Å². The van der Waals surface area contributed by atoms with E-state index in [0.29, 0.717) is 0 Å². The van der Waals surface area contributed by atoms with Crippen molar-refractivity contribution in [2.75, 3.05) is 6.61 Å². The lowest BCUT2D eigenvalue weighted by Crippen LogP contribution is -1.98. The highest BCUT2D eigenvalue weighted by molar-refractivity contribution is 5.90. The minimum absolute atomic E-state index is 0.221. The lowest BCUT2D eigenvalue weighted by molar-refractivity contribution is 0.113. The van der Waals surface area contributed by atoms with Crippen molar-refractivity contribution in [1.29, 1.82) is 0 Å². The maximum Gasteiger partial charge on any atom is 0.0832 e. The second-order valence-electron chi connectivity index (χ2n) is 5.50. The minimum atomic E-state index is 0.221. The summed E-state index contributed by atoms with van der Waals surface area (Å²) in [6.45, 7) is 0.868. The van der Waals surface area contributed by atoms with Gasteiger partial charge in [0.05, 0.1) is 11.8 Å². The normalized spacial score (nSPS) is 18.2. The van der Waals surface area contributed by atoms with E-state index in [1.807, 2.05) is 18.3 Å². The standard InChI is InChI=1S/C19H17NO/c1-2-7-16-14(6-1)12-15(18-8-3-4-10-20-18)13-17(16)19-9-5-11-21-19/h1-4,6-8,10,12-13,19H,5,9,11H2/t19-/m0/s1. The Morgan fingerprint density at radius 3 is 2.71 bits per heavy atom. The molecule has 0 unspecified atom stereocenters. The zero-order valence-electron chi connectivity index (χ0n) is 11.8. The lowest BCUT2D eigenvalue weighted by Gasteiger charge is -2.15. The quantitative estimate of drug-likeness (QED) is 0.673. The second-order valence-corrected chi connectivity index (χ2v) is 5.50. The molecule has 1 saturated heterocycles. The van der Waals surface area contributed by atoms with E-state index < -0.39 is 0 Å². The van der Waals surface area contributed by atoms with E-state index in [0.717, 1.165) is 25.1 Å². The largest absolute Gasteiger partial charge is 0.374 e. The summed E-state index contributed by atoms with van der Waals surface area (Å²) >= 11 is 0. The Hall–Kier alpha value is -2.19. The van der Waals surface area contributed by atoms with Crippen molar-refractivity contribution < 1.29 is 4.74 Å². The number of pyridine rings is 1. The van der Waals surface area contributed by atoms with Crippen molar-refractivity contribution in [3.63, 3.8) is 0 Å². The number of benzene rings is 2. The molecular formula is C19H17NO. The van der Waals surface area contributed by atoms with Crippen LogP contribution in [0.4, 0.5) is 0 Å². The van der Waals surface area contributed by atoms with Crippen LogP contribution in [0, 0.1) is 0 Å². The van der Waals surface area contributed by atoms with Crippen LogP contribution in [0.3, 0.4) is 0 Å². The third-order valence-electron chi connectivity index (χ3n) is 4.13. The fourth-order valence-electron chi connectivity index (χ4n) is 3.11. The van der Waals surface area contributed by atoms with Crippen LogP contribution in [0.5, 0.6) is 0 Å². The molecule has 0 aliphatic carbocycles. The highest BCUT2D eigenvalue weighted by atomic mass is 16.5. The average molecular weight is 275 g/mol. The van der Waals surface area contributed by atoms with Crippen LogP contribution in [0.1, 0.15) is 24.5 Å². The van der Waals surface area contributed by atoms with Crippen LogP contribution in [0.2, 0.25) is 0 Å². The molecule has 0 radical (unpaired) electrons. The van der Waals surface area contributed by atoms with Gasteiger partial charge in [0.2, 0.25) is 0 Å². The first-order valence-electron chi connectivity index (χ1n) is 7.47. The highest BCUT2D eigenvalue weighted by Crippen LogP contribution is 2.36. The van der Waals surface area contributed by atoms with Gasteiger partial charge in [0.15, 0.2) is 0 Å². The van der Waals surface area contributed by atoms with E-state index in [1.54, 1.807) is 0 Å². The topological polar surface area (TPSA) is 22.1 Å². The summed E-state index contributed by atoms with van der Waals surface area (Å²) < 4.78 is 5.92. The van der Waals surface area contributed by atoms with Gasteiger partial charge in [-0.15, -0.1) is 0 Å². The SMILES string of the molecule is c1ccc(-c2cc([C@@H]3CCCO3)c3ccccc3c2)nc1. The maximum atomic E-state index is 5.92. The molecule has 0 bridgehead atoms. The summed E-state index contributed by atoms with van der Waals surface area (Å²) in [6.07, 6.45) is 4.32. The number of rotatable bonds is 2. The first kappa shape index (κ1) is 12.5. The molecule has 2 heterocycles. The van der Waals surface area contributed by atoms with Gasteiger partial charge in [0.1, 0.15) is 0 Å². The fourth-order valence-corrected chi connectivity index (χ4v) is 3.11. The molecule has 0 spiro atoms. The first-order chi connectivity index (χ1) is 10.4. The van der Waals surface area contributed by atoms with Gasteiger partial charge in [-0.1, -0.05) is 30.3 Å². The molecule has 1 aliphatic rings. The third-order valence-corrected chi connectivity index (χ3v) is 4.13. The molecule has 1 atom stereocenters. The van der Waals surface area contributed by atoms with Crippen LogP contribution >= 0.6 is 0 Å². The van der Waals surface area contributed by atoms with Crippen molar-refractivity contribution in [3.8, 4) is 11.3 Å². The van der Waals surface area contributed by atoms with Crippen LogP contribution in [0.25, 0.3) is 22.0 Å². The Morgan fingerprint density at radius 1 is 1.00 bits per heavy atom. The Morgan fingerprint density at radius 2 is 1.90 bits per heavy atom. The highest BCUT2D eigenvalue weighted by Gasteiger charge is 2.20. The molecule has 21 heavy (non-hydrogen) atoms. The third kappa shape index (κ3) is 2.32. The zero-order chi connectivity index (χ0) is 14.1. The van der Waals surface area contributed by atoms with Gasteiger partial charge in [-0.2, -0.15) is 0 Å². The predicted octanol–water partition coefficient (Wildman–Crippen LogP) is 4.75. The predicted molar refractivity (Wildman–Crippen MR) is 85.1 cm³/mol. The molecule has 3 aromatic rings. The molecule has 2 nitrogen and oxygen atoms in total. The molecule has 104 valence electrons. The average Bonchev–Trinajstić information content (AvgIpc) is 3.09. The Kier molecular flexibility index (Phi) is 3.17. The van der Waals surface area contributed by atoms with E-state index in [2.05, 4.69) is 47.4 Å². The van der Waals surface area contributed by atoms with Crippen molar-refractivity contribution >= 4 is 10.8 Å². The van der Waals surface area contributed by atoms with E-state index in [4.69, 9.17) is 4.74 Å². The molecule has 4 rings (SSSR count). The molecule has 2 aromatic carbocycles. The number of aromatic nitrogens is 1. The summed E-state index contributed by atoms with van der Waals surface area (Å²) in [5, 5.41) is 2.55. The van der Waals surface area contributed by atoms with E-state index >= 15 is 0 Å². The number of hydrogen-bond acceptors (Lipinski definition) is 2. The van der Waals surface area contributed by atoms with E-state index in [-0.39, 0.29) is 6.10 Å². The molecule has 0 amide bonds. The minimum Gasteiger partial charge on any atom is -0.374 e. The van der Waals surface area contributed by atoms with Crippen molar-refractivity contribution in [3.05, 3.63) is 66.4 Å². The number of nitrogens with zero attached hydrogens (tertiary/aromatic N) is 1. The first-order valence-corrected chi connectivity index (χ1v) is 7.47. The van der Waals surface area contributed by atoms with Crippen molar-refractivity contribution in [1.82, 2.24) is 4.98 Å². The lowest BCUT2D eigenvalue weighted by atomic mass is 9.95. The summed E-state index contributed by atoms with van der Waals surface area (Å²) in [5.74, 6) is 0. The number of fused-ring (bicyclic) bond motifs is 1. The summed E-state index contributed by atoms with van der Waals surface area (Å²) in [6, 6.07) is 19.1. The summed E-state index contributed by atoms with van der Waals surface area (Å²) in [5.41, 5.74) is 3.48. The molecule has 1 aromatic heterocycles. The van der Waals surface area contributed by atoms with Crippen molar-refractivity contribution in [2.45, 2.75) is 18.9 Å². The summed E-state index contributed by atoms with van der Waals surface area (Å²) in [7, 11) is 0. The Balaban J connectivity index is 1.93. The van der Waals surface area contributed by atoms with E-state index in [1.165, 1.54) is 21.9 Å².